The number of halogens is 1. The molecule has 0 fully saturated rings. The van der Waals surface area contributed by atoms with Crippen LogP contribution in [0.2, 0.25) is 0 Å². The maximum atomic E-state index is 13.3. The Morgan fingerprint density at radius 2 is 2.05 bits per heavy atom. The van der Waals surface area contributed by atoms with E-state index in [4.69, 9.17) is 4.74 Å². The van der Waals surface area contributed by atoms with Crippen molar-refractivity contribution >= 4 is 5.69 Å². The minimum absolute atomic E-state index is 0.0407. The lowest BCUT2D eigenvalue weighted by atomic mass is 10.1. The van der Waals surface area contributed by atoms with Crippen LogP contribution in [0.4, 0.5) is 10.1 Å². The molecule has 0 spiro atoms. The molecule has 19 heavy (non-hydrogen) atoms. The van der Waals surface area contributed by atoms with Gasteiger partial charge in [-0.15, -0.1) is 0 Å². The Morgan fingerprint density at radius 1 is 1.26 bits per heavy atom. The molecule has 1 unspecified atom stereocenters. The van der Waals surface area contributed by atoms with Gasteiger partial charge in [0.2, 0.25) is 0 Å². The lowest BCUT2D eigenvalue weighted by Gasteiger charge is -2.16. The number of methoxy groups -OCH3 is 1. The van der Waals surface area contributed by atoms with Gasteiger partial charge in [-0.1, -0.05) is 6.07 Å². The molecule has 0 saturated heterocycles. The predicted molar refractivity (Wildman–Crippen MR) is 74.0 cm³/mol. The van der Waals surface area contributed by atoms with Crippen LogP contribution in [0.3, 0.4) is 0 Å². The maximum Gasteiger partial charge on any atom is 0.165 e. The van der Waals surface area contributed by atoms with E-state index in [9.17, 15) is 4.39 Å². The summed E-state index contributed by atoms with van der Waals surface area (Å²) < 4.78 is 18.3. The molecule has 1 aromatic heterocycles. The third-order valence-electron chi connectivity index (χ3n) is 2.97. The van der Waals surface area contributed by atoms with Gasteiger partial charge < -0.3 is 10.1 Å². The highest BCUT2D eigenvalue weighted by Gasteiger charge is 2.09. The molecular formula is C15H17FN2O. The molecule has 1 heterocycles. The highest BCUT2D eigenvalue weighted by Crippen LogP contribution is 2.24. The quantitative estimate of drug-likeness (QED) is 0.910. The molecular weight excluding hydrogens is 243 g/mol. The van der Waals surface area contributed by atoms with Crippen LogP contribution in [0.15, 0.2) is 36.5 Å². The average molecular weight is 260 g/mol. The number of rotatable bonds is 4. The molecule has 0 radical (unpaired) electrons. The summed E-state index contributed by atoms with van der Waals surface area (Å²) in [5.41, 5.74) is 2.86. The van der Waals surface area contributed by atoms with E-state index in [1.54, 1.807) is 18.3 Å². The predicted octanol–water partition coefficient (Wildman–Crippen LogP) is 3.71. The van der Waals surface area contributed by atoms with Crippen molar-refractivity contribution in [1.29, 1.82) is 0 Å². The van der Waals surface area contributed by atoms with Gasteiger partial charge in [0.05, 0.1) is 19.0 Å². The van der Waals surface area contributed by atoms with Crippen LogP contribution in [0.5, 0.6) is 5.75 Å². The molecule has 0 saturated carbocycles. The van der Waals surface area contributed by atoms with E-state index in [1.165, 1.54) is 13.2 Å². The molecule has 3 nitrogen and oxygen atoms in total. The molecule has 0 aliphatic carbocycles. The third kappa shape index (κ3) is 3.22. The van der Waals surface area contributed by atoms with Crippen LogP contribution in [-0.4, -0.2) is 12.1 Å². The number of hydrogen-bond donors (Lipinski definition) is 1. The van der Waals surface area contributed by atoms with E-state index >= 15 is 0 Å². The number of aryl methyl sites for hydroxylation is 1. The second-order valence-electron chi connectivity index (χ2n) is 4.45. The fourth-order valence-electron chi connectivity index (χ4n) is 1.83. The molecule has 1 atom stereocenters. The van der Waals surface area contributed by atoms with E-state index in [2.05, 4.69) is 10.3 Å². The maximum absolute atomic E-state index is 13.3. The van der Waals surface area contributed by atoms with Crippen LogP contribution >= 0.6 is 0 Å². The summed E-state index contributed by atoms with van der Waals surface area (Å²) >= 11 is 0. The second kappa shape index (κ2) is 5.69. The van der Waals surface area contributed by atoms with E-state index in [0.29, 0.717) is 0 Å². The Balaban J connectivity index is 2.15. The van der Waals surface area contributed by atoms with Crippen molar-refractivity contribution in [1.82, 2.24) is 4.98 Å². The average Bonchev–Trinajstić information content (AvgIpc) is 2.42. The highest BCUT2D eigenvalue weighted by atomic mass is 19.1. The number of aromatic nitrogens is 1. The zero-order valence-electron chi connectivity index (χ0n) is 11.3. The minimum Gasteiger partial charge on any atom is -0.494 e. The van der Waals surface area contributed by atoms with Crippen molar-refractivity contribution in [3.63, 3.8) is 0 Å². The number of anilines is 1. The van der Waals surface area contributed by atoms with E-state index < -0.39 is 0 Å². The normalized spacial score (nSPS) is 12.0. The van der Waals surface area contributed by atoms with Crippen LogP contribution in [0, 0.1) is 12.7 Å². The molecule has 100 valence electrons. The fraction of sp³-hybridized carbons (Fsp3) is 0.267. The van der Waals surface area contributed by atoms with Gasteiger partial charge in [0, 0.05) is 11.7 Å². The van der Waals surface area contributed by atoms with Gasteiger partial charge >= 0.3 is 0 Å². The fourth-order valence-corrected chi connectivity index (χ4v) is 1.83. The number of nitrogens with zero attached hydrogens (tertiary/aromatic N) is 1. The Hall–Kier alpha value is -2.10. The Kier molecular flexibility index (Phi) is 4.00. The van der Waals surface area contributed by atoms with Crippen molar-refractivity contribution in [2.24, 2.45) is 0 Å². The SMILES string of the molecule is COc1cc(C(C)Nc2ccc(C)nc2)ccc1F. The number of nitrogens with one attached hydrogen (secondary N) is 1. The summed E-state index contributed by atoms with van der Waals surface area (Å²) in [6, 6.07) is 8.82. The van der Waals surface area contributed by atoms with Crippen LogP contribution in [0.25, 0.3) is 0 Å². The molecule has 1 N–H and O–H groups in total. The van der Waals surface area contributed by atoms with Gasteiger partial charge in [0.15, 0.2) is 11.6 Å². The van der Waals surface area contributed by atoms with Gasteiger partial charge in [0.25, 0.3) is 0 Å². The topological polar surface area (TPSA) is 34.1 Å². The molecule has 1 aromatic carbocycles. The largest absolute Gasteiger partial charge is 0.494 e. The number of hydrogen-bond acceptors (Lipinski definition) is 3. The van der Waals surface area contributed by atoms with Crippen molar-refractivity contribution in [2.75, 3.05) is 12.4 Å². The van der Waals surface area contributed by atoms with Crippen LogP contribution in [-0.2, 0) is 0 Å². The number of benzene rings is 1. The van der Waals surface area contributed by atoms with Gasteiger partial charge in [-0.05, 0) is 43.7 Å². The Morgan fingerprint density at radius 3 is 2.68 bits per heavy atom. The number of ether oxygens (including phenoxy) is 1. The minimum atomic E-state index is -0.351. The lowest BCUT2D eigenvalue weighted by Crippen LogP contribution is -2.07. The van der Waals surface area contributed by atoms with E-state index in [0.717, 1.165) is 16.9 Å². The monoisotopic (exact) mass is 260 g/mol. The second-order valence-corrected chi connectivity index (χ2v) is 4.45. The zero-order valence-corrected chi connectivity index (χ0v) is 11.3. The van der Waals surface area contributed by atoms with E-state index in [1.807, 2.05) is 26.0 Å². The first-order valence-corrected chi connectivity index (χ1v) is 6.13. The standard InChI is InChI=1S/C15H17FN2O/c1-10-4-6-13(9-17-10)18-11(2)12-5-7-14(16)15(8-12)19-3/h4-9,11,18H,1-3H3. The highest BCUT2D eigenvalue weighted by molar-refractivity contribution is 5.44. The first-order chi connectivity index (χ1) is 9.10. The van der Waals surface area contributed by atoms with Crippen LogP contribution < -0.4 is 10.1 Å². The Bertz CT molecular complexity index is 555. The summed E-state index contributed by atoms with van der Waals surface area (Å²) in [4.78, 5) is 4.23. The van der Waals surface area contributed by atoms with Gasteiger partial charge in [0.1, 0.15) is 0 Å². The van der Waals surface area contributed by atoms with Crippen molar-refractivity contribution in [3.8, 4) is 5.75 Å². The van der Waals surface area contributed by atoms with Crippen LogP contribution in [0.1, 0.15) is 24.2 Å². The van der Waals surface area contributed by atoms with Crippen molar-refractivity contribution < 1.29 is 9.13 Å². The third-order valence-corrected chi connectivity index (χ3v) is 2.97. The summed E-state index contributed by atoms with van der Waals surface area (Å²) in [6.07, 6.45) is 1.78. The number of pyridine rings is 1. The summed E-state index contributed by atoms with van der Waals surface area (Å²) in [7, 11) is 1.46. The molecule has 4 heteroatoms. The molecule has 0 amide bonds. The molecule has 2 aromatic rings. The molecule has 0 aliphatic rings. The van der Waals surface area contributed by atoms with Crippen molar-refractivity contribution in [3.05, 3.63) is 53.6 Å². The van der Waals surface area contributed by atoms with Gasteiger partial charge in [-0.25, -0.2) is 4.39 Å². The lowest BCUT2D eigenvalue weighted by molar-refractivity contribution is 0.385. The molecule has 0 bridgehead atoms. The van der Waals surface area contributed by atoms with Gasteiger partial charge in [-0.3, -0.25) is 4.98 Å². The summed E-state index contributed by atoms with van der Waals surface area (Å²) in [6.45, 7) is 3.95. The molecule has 0 aliphatic heterocycles. The Labute approximate surface area is 112 Å². The zero-order chi connectivity index (χ0) is 13.8. The smallest absolute Gasteiger partial charge is 0.165 e. The summed E-state index contributed by atoms with van der Waals surface area (Å²) in [5, 5.41) is 3.32. The van der Waals surface area contributed by atoms with E-state index in [-0.39, 0.29) is 17.6 Å². The molecule has 2 rings (SSSR count). The first kappa shape index (κ1) is 13.3. The van der Waals surface area contributed by atoms with Gasteiger partial charge in [-0.2, -0.15) is 0 Å². The van der Waals surface area contributed by atoms with Crippen molar-refractivity contribution in [2.45, 2.75) is 19.9 Å². The first-order valence-electron chi connectivity index (χ1n) is 6.13. The summed E-state index contributed by atoms with van der Waals surface area (Å²) in [5.74, 6) is -0.0939.